The van der Waals surface area contributed by atoms with Gasteiger partial charge in [0.1, 0.15) is 6.29 Å². The standard InChI is InChI=1S/C12H22.C2H3ClO.C2H5NO.CH4O/c1-3-10(2)11-6-4-5-7-12(11)8-9-12;3-1-2-4;1-3-2-4;1-2/h10-11H,3-9H2,1-2H3;2H,1H2;2H,1H3,(H,3,4);2H,1H3. The van der Waals surface area contributed by atoms with E-state index in [1.54, 1.807) is 26.3 Å². The Morgan fingerprint density at radius 2 is 1.77 bits per heavy atom. The number of aliphatic hydroxyl groups excluding tert-OH is 1. The Balaban J connectivity index is 0. The van der Waals surface area contributed by atoms with Gasteiger partial charge in [0.2, 0.25) is 6.41 Å². The molecule has 0 saturated heterocycles. The molecule has 0 bridgehead atoms. The molecule has 0 heterocycles. The van der Waals surface area contributed by atoms with E-state index in [1.165, 1.54) is 25.7 Å². The molecule has 0 aliphatic heterocycles. The van der Waals surface area contributed by atoms with Crippen molar-refractivity contribution >= 4 is 24.3 Å². The summed E-state index contributed by atoms with van der Waals surface area (Å²) in [6.07, 6.45) is 11.9. The first-order valence-electron chi connectivity index (χ1n) is 8.17. The van der Waals surface area contributed by atoms with Gasteiger partial charge in [0, 0.05) is 14.2 Å². The summed E-state index contributed by atoms with van der Waals surface area (Å²) in [7, 11) is 2.56. The minimum Gasteiger partial charge on any atom is -0.400 e. The van der Waals surface area contributed by atoms with Crippen LogP contribution >= 0.6 is 11.6 Å². The average Bonchev–Trinajstić information content (AvgIpc) is 3.36. The Bertz CT molecular complexity index is 263. The zero-order chi connectivity index (χ0) is 17.4. The molecule has 1 amide bonds. The zero-order valence-electron chi connectivity index (χ0n) is 14.6. The van der Waals surface area contributed by atoms with Crippen LogP contribution in [0.3, 0.4) is 0 Å². The molecule has 5 heteroatoms. The van der Waals surface area contributed by atoms with Crippen LogP contribution in [-0.4, -0.2) is 37.8 Å². The molecule has 2 unspecified atom stereocenters. The number of hydrogen-bond acceptors (Lipinski definition) is 3. The number of halogens is 1. The van der Waals surface area contributed by atoms with Gasteiger partial charge < -0.3 is 15.2 Å². The normalized spacial score (nSPS) is 21.5. The van der Waals surface area contributed by atoms with Crippen molar-refractivity contribution in [2.75, 3.05) is 20.0 Å². The quantitative estimate of drug-likeness (QED) is 0.611. The lowest BCUT2D eigenvalue weighted by atomic mass is 9.70. The highest BCUT2D eigenvalue weighted by molar-refractivity contribution is 6.24. The van der Waals surface area contributed by atoms with Gasteiger partial charge in [0.25, 0.3) is 0 Å². The second kappa shape index (κ2) is 15.3. The lowest BCUT2D eigenvalue weighted by Crippen LogP contribution is -2.26. The van der Waals surface area contributed by atoms with E-state index in [-0.39, 0.29) is 5.88 Å². The van der Waals surface area contributed by atoms with Gasteiger partial charge in [0.15, 0.2) is 0 Å². The van der Waals surface area contributed by atoms with E-state index in [0.29, 0.717) is 12.7 Å². The number of carbonyl (C=O) groups excluding carboxylic acids is 2. The highest BCUT2D eigenvalue weighted by Crippen LogP contribution is 2.61. The SMILES string of the molecule is CCC(C)C1CCCCC12CC2.CNC=O.CO.O=CCCl. The van der Waals surface area contributed by atoms with Crippen molar-refractivity contribution in [2.45, 2.75) is 58.8 Å². The van der Waals surface area contributed by atoms with E-state index < -0.39 is 0 Å². The van der Waals surface area contributed by atoms with Gasteiger partial charge in [-0.15, -0.1) is 11.6 Å². The third-order valence-electron chi connectivity index (χ3n) is 4.63. The van der Waals surface area contributed by atoms with Gasteiger partial charge in [-0.1, -0.05) is 33.1 Å². The third-order valence-corrected chi connectivity index (χ3v) is 4.76. The van der Waals surface area contributed by atoms with Crippen LogP contribution in [0.25, 0.3) is 0 Å². The fourth-order valence-electron chi connectivity index (χ4n) is 3.29. The molecule has 0 aromatic carbocycles. The summed E-state index contributed by atoms with van der Waals surface area (Å²) in [6, 6.07) is 0. The van der Waals surface area contributed by atoms with Gasteiger partial charge in [-0.05, 0) is 42.9 Å². The Morgan fingerprint density at radius 3 is 2.09 bits per heavy atom. The van der Waals surface area contributed by atoms with Crippen LogP contribution < -0.4 is 5.32 Å². The largest absolute Gasteiger partial charge is 0.400 e. The first-order valence-corrected chi connectivity index (χ1v) is 8.70. The van der Waals surface area contributed by atoms with E-state index in [0.717, 1.165) is 24.4 Å². The molecule has 4 nitrogen and oxygen atoms in total. The van der Waals surface area contributed by atoms with Crippen LogP contribution in [0.2, 0.25) is 0 Å². The van der Waals surface area contributed by atoms with Crippen LogP contribution in [0.1, 0.15) is 58.8 Å². The molecule has 2 saturated carbocycles. The van der Waals surface area contributed by atoms with Crippen LogP contribution in [-0.2, 0) is 9.59 Å². The molecule has 0 radical (unpaired) electrons. The average molecular weight is 336 g/mol. The maximum Gasteiger partial charge on any atom is 0.206 e. The summed E-state index contributed by atoms with van der Waals surface area (Å²) < 4.78 is 0. The first-order chi connectivity index (χ1) is 10.6. The Morgan fingerprint density at radius 1 is 1.27 bits per heavy atom. The molecule has 2 fully saturated rings. The zero-order valence-corrected chi connectivity index (χ0v) is 15.4. The molecule has 2 rings (SSSR count). The molecule has 2 aliphatic carbocycles. The summed E-state index contributed by atoms with van der Waals surface area (Å²) >= 11 is 4.82. The lowest BCUT2D eigenvalue weighted by Gasteiger charge is -2.35. The molecule has 0 aromatic heterocycles. The lowest BCUT2D eigenvalue weighted by molar-refractivity contribution is -0.109. The summed E-state index contributed by atoms with van der Waals surface area (Å²) in [4.78, 5) is 18.1. The molecule has 2 aliphatic rings. The minimum atomic E-state index is 0.111. The van der Waals surface area contributed by atoms with E-state index in [2.05, 4.69) is 19.2 Å². The fourth-order valence-corrected chi connectivity index (χ4v) is 3.29. The van der Waals surface area contributed by atoms with Crippen LogP contribution in [0.4, 0.5) is 0 Å². The van der Waals surface area contributed by atoms with Crippen molar-refractivity contribution in [1.29, 1.82) is 0 Å². The maximum absolute atomic E-state index is 9.06. The molecule has 2 atom stereocenters. The van der Waals surface area contributed by atoms with E-state index in [4.69, 9.17) is 26.3 Å². The summed E-state index contributed by atoms with van der Waals surface area (Å²) in [5.41, 5.74) is 0.869. The summed E-state index contributed by atoms with van der Waals surface area (Å²) in [5.74, 6) is 2.20. The number of nitrogens with one attached hydrogen (secondary N) is 1. The van der Waals surface area contributed by atoms with Crippen LogP contribution in [0.15, 0.2) is 0 Å². The molecule has 0 aromatic rings. The molecular formula is C17H34ClNO3. The molecule has 1 spiro atoms. The number of hydrogen-bond donors (Lipinski definition) is 2. The van der Waals surface area contributed by atoms with Crippen molar-refractivity contribution in [2.24, 2.45) is 17.3 Å². The van der Waals surface area contributed by atoms with Gasteiger partial charge in [-0.3, -0.25) is 4.79 Å². The Hall–Kier alpha value is -0.610. The number of amides is 1. The van der Waals surface area contributed by atoms with Crippen molar-refractivity contribution < 1.29 is 14.7 Å². The molecular weight excluding hydrogens is 302 g/mol. The number of alkyl halides is 1. The van der Waals surface area contributed by atoms with E-state index >= 15 is 0 Å². The predicted molar refractivity (Wildman–Crippen MR) is 93.1 cm³/mol. The minimum absolute atomic E-state index is 0.111. The van der Waals surface area contributed by atoms with Gasteiger partial charge in [0.05, 0.1) is 5.88 Å². The summed E-state index contributed by atoms with van der Waals surface area (Å²) in [5, 5.41) is 9.25. The molecule has 22 heavy (non-hydrogen) atoms. The maximum atomic E-state index is 9.06. The Kier molecular flexibility index (Phi) is 16.4. The second-order valence-corrected chi connectivity index (χ2v) is 6.14. The smallest absolute Gasteiger partial charge is 0.206 e. The van der Waals surface area contributed by atoms with Crippen molar-refractivity contribution in [3.63, 3.8) is 0 Å². The van der Waals surface area contributed by atoms with Crippen molar-refractivity contribution in [3.8, 4) is 0 Å². The van der Waals surface area contributed by atoms with Crippen LogP contribution in [0.5, 0.6) is 0 Å². The Labute approximate surface area is 141 Å². The van der Waals surface area contributed by atoms with Gasteiger partial charge >= 0.3 is 0 Å². The van der Waals surface area contributed by atoms with Crippen LogP contribution in [0, 0.1) is 17.3 Å². The van der Waals surface area contributed by atoms with Gasteiger partial charge in [-0.2, -0.15) is 0 Å². The third kappa shape index (κ3) is 9.42. The number of carbonyl (C=O) groups is 2. The first kappa shape index (κ1) is 23.7. The van der Waals surface area contributed by atoms with Gasteiger partial charge in [-0.25, -0.2) is 0 Å². The second-order valence-electron chi connectivity index (χ2n) is 5.83. The number of aliphatic hydroxyl groups is 1. The monoisotopic (exact) mass is 335 g/mol. The summed E-state index contributed by atoms with van der Waals surface area (Å²) in [6.45, 7) is 4.82. The predicted octanol–water partition coefficient (Wildman–Crippen LogP) is 3.40. The fraction of sp³-hybridized carbons (Fsp3) is 0.882. The molecule has 2 N–H and O–H groups in total. The van der Waals surface area contributed by atoms with E-state index in [9.17, 15) is 0 Å². The number of aldehydes is 1. The highest BCUT2D eigenvalue weighted by atomic mass is 35.5. The van der Waals surface area contributed by atoms with Crippen molar-refractivity contribution in [3.05, 3.63) is 0 Å². The van der Waals surface area contributed by atoms with Crippen molar-refractivity contribution in [1.82, 2.24) is 5.32 Å². The molecule has 132 valence electrons. The van der Waals surface area contributed by atoms with E-state index in [1.807, 2.05) is 0 Å². The number of rotatable bonds is 4. The topological polar surface area (TPSA) is 66.4 Å². The highest BCUT2D eigenvalue weighted by Gasteiger charge is 2.50.